The molecule has 0 bridgehead atoms. The molecule has 2 aliphatic carbocycles. The van der Waals surface area contributed by atoms with E-state index in [4.69, 9.17) is 19.7 Å². The van der Waals surface area contributed by atoms with Crippen molar-refractivity contribution in [2.45, 2.75) is 57.8 Å². The molecule has 0 aliphatic heterocycles. The van der Waals surface area contributed by atoms with Gasteiger partial charge in [0, 0.05) is 18.5 Å². The summed E-state index contributed by atoms with van der Waals surface area (Å²) in [6.07, 6.45) is 2.67. The summed E-state index contributed by atoms with van der Waals surface area (Å²) >= 11 is 1.59. The molecule has 5 rings (SSSR count). The lowest BCUT2D eigenvalue weighted by Crippen LogP contribution is -2.24. The zero-order chi connectivity index (χ0) is 23.1. The molecule has 4 N–H and O–H groups in total. The molecule has 8 nitrogen and oxygen atoms in total. The van der Waals surface area contributed by atoms with Gasteiger partial charge in [-0.25, -0.2) is 9.97 Å². The smallest absolute Gasteiger partial charge is 0.224 e. The molecule has 4 atom stereocenters. The van der Waals surface area contributed by atoms with Crippen molar-refractivity contribution >= 4 is 33.3 Å². The first kappa shape index (κ1) is 22.3. The van der Waals surface area contributed by atoms with Gasteiger partial charge in [-0.3, -0.25) is 0 Å². The Morgan fingerprint density at radius 2 is 2.03 bits per heavy atom. The van der Waals surface area contributed by atoms with Crippen molar-refractivity contribution in [2.24, 2.45) is 11.8 Å². The molecule has 0 radical (unpaired) electrons. The van der Waals surface area contributed by atoms with Crippen molar-refractivity contribution in [1.82, 2.24) is 15.0 Å². The first-order valence-corrected chi connectivity index (χ1v) is 12.4. The topological polar surface area (TPSA) is 112 Å². The van der Waals surface area contributed by atoms with Crippen LogP contribution in [-0.2, 0) is 0 Å². The molecule has 2 fully saturated rings. The van der Waals surface area contributed by atoms with Gasteiger partial charge in [-0.15, -0.1) is 11.3 Å². The number of ether oxygens (including phenoxy) is 1. The van der Waals surface area contributed by atoms with Gasteiger partial charge >= 0.3 is 0 Å². The fraction of sp³-hybridized carbons (Fsp3) is 0.542. The summed E-state index contributed by atoms with van der Waals surface area (Å²) in [6.45, 7) is 4.60. The lowest BCUT2D eigenvalue weighted by Gasteiger charge is -2.19. The summed E-state index contributed by atoms with van der Waals surface area (Å²) in [6, 6.07) is 5.92. The standard InChI is InChI=1S/C24H31N5O3S/c1-12-20(23-28-21-18(32-3)5-4-6-19(21)33-23)22(29-24(26-12)25-11-14-7-8-14)27-15-9-16(13(2)30)17(31)10-15/h4-6,13-17,30-31H,7-11H2,1-3H3,(H2,25,26,27,29)/t13?,15-,16-,17+/m1/s1. The number of fused-ring (bicyclic) bond motifs is 1. The predicted octanol–water partition coefficient (Wildman–Crippen LogP) is 3.82. The van der Waals surface area contributed by atoms with Crippen molar-refractivity contribution in [2.75, 3.05) is 24.3 Å². The lowest BCUT2D eigenvalue weighted by atomic mass is 10.00. The molecule has 2 aliphatic rings. The van der Waals surface area contributed by atoms with E-state index in [9.17, 15) is 10.2 Å². The Morgan fingerprint density at radius 3 is 2.73 bits per heavy atom. The minimum atomic E-state index is -0.550. The average Bonchev–Trinajstić information content (AvgIpc) is 3.39. The molecule has 9 heteroatoms. The average molecular weight is 470 g/mol. The minimum Gasteiger partial charge on any atom is -0.494 e. The lowest BCUT2D eigenvalue weighted by molar-refractivity contribution is 0.0420. The van der Waals surface area contributed by atoms with Crippen LogP contribution in [-0.4, -0.2) is 57.1 Å². The second-order valence-corrected chi connectivity index (χ2v) is 10.3. The minimum absolute atomic E-state index is 0.00727. The van der Waals surface area contributed by atoms with Crippen LogP contribution in [0.3, 0.4) is 0 Å². The van der Waals surface area contributed by atoms with E-state index in [2.05, 4.69) is 10.6 Å². The van der Waals surface area contributed by atoms with Crippen LogP contribution in [0.2, 0.25) is 0 Å². The fourth-order valence-electron chi connectivity index (χ4n) is 4.64. The van der Waals surface area contributed by atoms with Crippen LogP contribution in [0.5, 0.6) is 5.75 Å². The molecule has 176 valence electrons. The highest BCUT2D eigenvalue weighted by Crippen LogP contribution is 2.40. The number of aliphatic hydroxyl groups is 2. The molecular formula is C24H31N5O3S. The van der Waals surface area contributed by atoms with Gasteiger partial charge in [0.05, 0.1) is 35.3 Å². The third kappa shape index (κ3) is 4.62. The number of methoxy groups -OCH3 is 1. The van der Waals surface area contributed by atoms with Gasteiger partial charge in [0.1, 0.15) is 22.1 Å². The molecule has 1 aromatic carbocycles. The SMILES string of the molecule is COc1cccc2sc(-c3c(C)nc(NCC4CC4)nc3N[C@@H]3C[C@H](C(C)O)[C@@H](O)C3)nc12. The normalized spacial score (nSPS) is 23.6. The molecule has 0 spiro atoms. The fourth-order valence-corrected chi connectivity index (χ4v) is 5.72. The van der Waals surface area contributed by atoms with Crippen LogP contribution >= 0.6 is 11.3 Å². The Labute approximate surface area is 197 Å². The number of anilines is 2. The highest BCUT2D eigenvalue weighted by molar-refractivity contribution is 7.21. The number of thiazole rings is 1. The molecule has 3 aromatic rings. The highest BCUT2D eigenvalue weighted by atomic mass is 32.1. The van der Waals surface area contributed by atoms with Crippen molar-refractivity contribution < 1.29 is 14.9 Å². The zero-order valence-corrected chi connectivity index (χ0v) is 20.0. The summed E-state index contributed by atoms with van der Waals surface area (Å²) in [5.41, 5.74) is 2.53. The van der Waals surface area contributed by atoms with Gasteiger partial charge in [0.25, 0.3) is 0 Å². The molecule has 2 saturated carbocycles. The quantitative estimate of drug-likeness (QED) is 0.394. The van der Waals surface area contributed by atoms with Crippen LogP contribution in [0.25, 0.3) is 20.8 Å². The summed E-state index contributed by atoms with van der Waals surface area (Å²) in [7, 11) is 1.65. The van der Waals surface area contributed by atoms with Crippen molar-refractivity contribution in [1.29, 1.82) is 0 Å². The Balaban J connectivity index is 1.52. The monoisotopic (exact) mass is 469 g/mol. The third-order valence-electron chi connectivity index (χ3n) is 6.69. The number of rotatable bonds is 8. The number of hydrogen-bond acceptors (Lipinski definition) is 9. The number of aromatic nitrogens is 3. The van der Waals surface area contributed by atoms with Crippen LogP contribution in [0, 0.1) is 18.8 Å². The second kappa shape index (κ2) is 9.04. The largest absolute Gasteiger partial charge is 0.494 e. The predicted molar refractivity (Wildman–Crippen MR) is 131 cm³/mol. The molecule has 1 unspecified atom stereocenters. The van der Waals surface area contributed by atoms with E-state index in [1.54, 1.807) is 25.4 Å². The van der Waals surface area contributed by atoms with Gasteiger partial charge in [0.2, 0.25) is 5.95 Å². The van der Waals surface area contributed by atoms with E-state index < -0.39 is 12.2 Å². The molecule has 33 heavy (non-hydrogen) atoms. The first-order chi connectivity index (χ1) is 15.9. The van der Waals surface area contributed by atoms with E-state index in [-0.39, 0.29) is 12.0 Å². The Bertz CT molecular complexity index is 1150. The maximum atomic E-state index is 10.4. The Kier molecular flexibility index (Phi) is 6.11. The van der Waals surface area contributed by atoms with E-state index in [1.165, 1.54) is 12.8 Å². The third-order valence-corrected chi connectivity index (χ3v) is 7.73. The van der Waals surface area contributed by atoms with Gasteiger partial charge in [-0.05, 0) is 57.6 Å². The van der Waals surface area contributed by atoms with Crippen molar-refractivity contribution in [3.63, 3.8) is 0 Å². The second-order valence-electron chi connectivity index (χ2n) is 9.29. The summed E-state index contributed by atoms with van der Waals surface area (Å²) in [4.78, 5) is 14.5. The molecular weight excluding hydrogens is 438 g/mol. The van der Waals surface area contributed by atoms with Crippen LogP contribution in [0.1, 0.15) is 38.3 Å². The number of para-hydroxylation sites is 1. The van der Waals surface area contributed by atoms with Gasteiger partial charge in [0.15, 0.2) is 0 Å². The number of aryl methyl sites for hydroxylation is 1. The van der Waals surface area contributed by atoms with E-state index in [1.807, 2.05) is 25.1 Å². The van der Waals surface area contributed by atoms with Gasteiger partial charge in [-0.2, -0.15) is 4.98 Å². The molecule has 0 saturated heterocycles. The summed E-state index contributed by atoms with van der Waals surface area (Å²) in [5, 5.41) is 28.2. The molecule has 2 aromatic heterocycles. The van der Waals surface area contributed by atoms with Crippen molar-refractivity contribution in [3.8, 4) is 16.3 Å². The molecule has 2 heterocycles. The van der Waals surface area contributed by atoms with Crippen LogP contribution in [0.4, 0.5) is 11.8 Å². The van der Waals surface area contributed by atoms with E-state index >= 15 is 0 Å². The number of benzene rings is 1. The Hall–Kier alpha value is -2.49. The zero-order valence-electron chi connectivity index (χ0n) is 19.2. The maximum absolute atomic E-state index is 10.4. The Morgan fingerprint density at radius 1 is 1.21 bits per heavy atom. The number of hydrogen-bond donors (Lipinski definition) is 4. The first-order valence-electron chi connectivity index (χ1n) is 11.6. The van der Waals surface area contributed by atoms with Crippen molar-refractivity contribution in [3.05, 3.63) is 23.9 Å². The molecule has 0 amide bonds. The van der Waals surface area contributed by atoms with Gasteiger partial charge < -0.3 is 25.6 Å². The van der Waals surface area contributed by atoms with Crippen LogP contribution < -0.4 is 15.4 Å². The number of nitrogens with zero attached hydrogens (tertiary/aromatic N) is 3. The number of nitrogens with one attached hydrogen (secondary N) is 2. The highest BCUT2D eigenvalue weighted by Gasteiger charge is 2.36. The maximum Gasteiger partial charge on any atom is 0.224 e. The summed E-state index contributed by atoms with van der Waals surface area (Å²) < 4.78 is 6.54. The van der Waals surface area contributed by atoms with E-state index in [0.717, 1.165) is 38.8 Å². The summed E-state index contributed by atoms with van der Waals surface area (Å²) in [5.74, 6) is 2.62. The van der Waals surface area contributed by atoms with E-state index in [0.29, 0.717) is 30.5 Å². The number of aliphatic hydroxyl groups excluding tert-OH is 2. The van der Waals surface area contributed by atoms with Gasteiger partial charge in [-0.1, -0.05) is 6.07 Å². The van der Waals surface area contributed by atoms with Crippen LogP contribution in [0.15, 0.2) is 18.2 Å².